The van der Waals surface area contributed by atoms with E-state index in [0.29, 0.717) is 0 Å². The Morgan fingerprint density at radius 1 is 1.50 bits per heavy atom. The molecule has 0 amide bonds. The minimum Gasteiger partial charge on any atom is -0.334 e. The van der Waals surface area contributed by atoms with Crippen molar-refractivity contribution in [1.29, 1.82) is 0 Å². The summed E-state index contributed by atoms with van der Waals surface area (Å²) in [5.74, 6) is 0. The Morgan fingerprint density at radius 3 is 2.50 bits per heavy atom. The van der Waals surface area contributed by atoms with Gasteiger partial charge in [0.1, 0.15) is 0 Å². The first kappa shape index (κ1) is 7.70. The standard InChI is InChI=1S/C7H14N/c1-4-6-8(3)7-5-2/h4-5H,1,6-7H2,2-3H3/p+1. The van der Waals surface area contributed by atoms with Crippen LogP contribution in [0.3, 0.4) is 0 Å². The molecule has 0 saturated heterocycles. The van der Waals surface area contributed by atoms with Gasteiger partial charge >= 0.3 is 0 Å². The summed E-state index contributed by atoms with van der Waals surface area (Å²) in [6.07, 6.45) is 4.11. The van der Waals surface area contributed by atoms with E-state index in [4.69, 9.17) is 0 Å². The fraction of sp³-hybridized carbons (Fsp3) is 0.571. The lowest BCUT2D eigenvalue weighted by atomic mass is 10.4. The molecule has 0 fully saturated rings. The highest BCUT2D eigenvalue weighted by Crippen LogP contribution is 1.59. The Morgan fingerprint density at radius 2 is 2.12 bits per heavy atom. The van der Waals surface area contributed by atoms with Crippen molar-refractivity contribution in [2.24, 2.45) is 0 Å². The lowest BCUT2D eigenvalue weighted by molar-refractivity contribution is -0.868. The van der Waals surface area contributed by atoms with E-state index in [1.165, 1.54) is 4.90 Å². The molecule has 1 N–H and O–H groups in total. The van der Waals surface area contributed by atoms with Crippen LogP contribution in [0.4, 0.5) is 0 Å². The van der Waals surface area contributed by atoms with Crippen molar-refractivity contribution in [2.75, 3.05) is 20.1 Å². The van der Waals surface area contributed by atoms with E-state index >= 15 is 0 Å². The number of nitrogens with one attached hydrogen (secondary N) is 1. The highest BCUT2D eigenvalue weighted by molar-refractivity contribution is 4.63. The van der Waals surface area contributed by atoms with Crippen LogP contribution in [0.1, 0.15) is 6.92 Å². The summed E-state index contributed by atoms with van der Waals surface area (Å²) in [6, 6.07) is 0. The van der Waals surface area contributed by atoms with Crippen molar-refractivity contribution in [3.8, 4) is 0 Å². The molecule has 1 atom stereocenters. The first-order valence-corrected chi connectivity index (χ1v) is 3.01. The molecule has 0 aromatic rings. The summed E-state index contributed by atoms with van der Waals surface area (Å²) in [5, 5.41) is 0. The quantitative estimate of drug-likeness (QED) is 0.486. The van der Waals surface area contributed by atoms with E-state index in [9.17, 15) is 0 Å². The van der Waals surface area contributed by atoms with Crippen molar-refractivity contribution < 1.29 is 4.90 Å². The maximum Gasteiger partial charge on any atom is 0.0953 e. The summed E-state index contributed by atoms with van der Waals surface area (Å²) in [5.41, 5.74) is 0. The van der Waals surface area contributed by atoms with Gasteiger partial charge in [0.25, 0.3) is 0 Å². The summed E-state index contributed by atoms with van der Waals surface area (Å²) in [7, 11) is 2.15. The average molecular weight is 113 g/mol. The topological polar surface area (TPSA) is 4.44 Å². The molecule has 0 saturated carbocycles. The third-order valence-corrected chi connectivity index (χ3v) is 1.05. The molecule has 0 heterocycles. The third kappa shape index (κ3) is 3.88. The Kier molecular flexibility index (Phi) is 4.67. The van der Waals surface area contributed by atoms with Crippen LogP contribution in [0.2, 0.25) is 0 Å². The van der Waals surface area contributed by atoms with Crippen LogP contribution in [0.5, 0.6) is 0 Å². The molecule has 1 heteroatoms. The van der Waals surface area contributed by atoms with Crippen molar-refractivity contribution in [2.45, 2.75) is 6.92 Å². The highest BCUT2D eigenvalue weighted by Gasteiger charge is 1.92. The Hall–Kier alpha value is -0.300. The van der Waals surface area contributed by atoms with Gasteiger partial charge in [-0.15, -0.1) is 0 Å². The molecule has 0 aliphatic heterocycles. The zero-order valence-corrected chi connectivity index (χ0v) is 5.78. The first-order valence-electron chi connectivity index (χ1n) is 3.01. The first-order chi connectivity index (χ1) is 3.81. The van der Waals surface area contributed by atoms with E-state index in [1.54, 1.807) is 0 Å². The fourth-order valence-corrected chi connectivity index (χ4v) is 0.678. The van der Waals surface area contributed by atoms with Crippen LogP contribution in [0.15, 0.2) is 12.7 Å². The molecule has 8 heavy (non-hydrogen) atoms. The predicted molar refractivity (Wildman–Crippen MR) is 36.8 cm³/mol. The van der Waals surface area contributed by atoms with Crippen molar-refractivity contribution in [3.05, 3.63) is 19.1 Å². The lowest BCUT2D eigenvalue weighted by Crippen LogP contribution is -3.08. The molecule has 0 aliphatic rings. The normalized spacial score (nSPS) is 13.2. The van der Waals surface area contributed by atoms with Crippen LogP contribution >= 0.6 is 0 Å². The van der Waals surface area contributed by atoms with Gasteiger partial charge in [0.15, 0.2) is 0 Å². The van der Waals surface area contributed by atoms with Crippen LogP contribution in [0, 0.1) is 6.42 Å². The van der Waals surface area contributed by atoms with Crippen molar-refractivity contribution >= 4 is 0 Å². The minimum atomic E-state index is 1.06. The Labute approximate surface area is 52.0 Å². The Balaban J connectivity index is 3.03. The molecule has 0 rings (SSSR count). The smallest absolute Gasteiger partial charge is 0.0953 e. The Bertz CT molecular complexity index is 59.4. The maximum atomic E-state index is 3.65. The molecule has 1 nitrogen and oxygen atoms in total. The summed E-state index contributed by atoms with van der Waals surface area (Å²) >= 11 is 0. The summed E-state index contributed by atoms with van der Waals surface area (Å²) < 4.78 is 0. The number of quaternary nitrogens is 1. The van der Waals surface area contributed by atoms with Crippen molar-refractivity contribution in [1.82, 2.24) is 0 Å². The van der Waals surface area contributed by atoms with Crippen molar-refractivity contribution in [3.63, 3.8) is 0 Å². The third-order valence-electron chi connectivity index (χ3n) is 1.05. The molecule has 47 valence electrons. The second-order valence-electron chi connectivity index (χ2n) is 2.06. The van der Waals surface area contributed by atoms with Gasteiger partial charge in [-0.1, -0.05) is 13.5 Å². The number of likely N-dealkylation sites (N-methyl/N-ethyl adjacent to an activating group) is 1. The fourth-order valence-electron chi connectivity index (χ4n) is 0.678. The monoisotopic (exact) mass is 113 g/mol. The van der Waals surface area contributed by atoms with Crippen LogP contribution in [0.25, 0.3) is 0 Å². The predicted octanol–water partition coefficient (Wildman–Crippen LogP) is -0.0887. The number of rotatable bonds is 4. The summed E-state index contributed by atoms with van der Waals surface area (Å²) in [4.78, 5) is 1.49. The minimum absolute atomic E-state index is 1.06. The molecule has 1 radical (unpaired) electrons. The molecule has 1 unspecified atom stereocenters. The molecule has 0 spiro atoms. The lowest BCUT2D eigenvalue weighted by Gasteiger charge is -2.07. The highest BCUT2D eigenvalue weighted by atomic mass is 15.1. The van der Waals surface area contributed by atoms with Gasteiger partial charge in [0, 0.05) is 6.42 Å². The molecule has 0 aromatic heterocycles. The molecular weight excluding hydrogens is 98.1 g/mol. The zero-order valence-electron chi connectivity index (χ0n) is 5.78. The van der Waals surface area contributed by atoms with E-state index in [-0.39, 0.29) is 0 Å². The number of hydrogen-bond acceptors (Lipinski definition) is 0. The summed E-state index contributed by atoms with van der Waals surface area (Å²) in [6.45, 7) is 7.92. The van der Waals surface area contributed by atoms with Gasteiger partial charge in [-0.25, -0.2) is 0 Å². The second kappa shape index (κ2) is 4.85. The van der Waals surface area contributed by atoms with Gasteiger partial charge in [0.05, 0.1) is 20.1 Å². The van der Waals surface area contributed by atoms with E-state index in [0.717, 1.165) is 13.1 Å². The largest absolute Gasteiger partial charge is 0.334 e. The van der Waals surface area contributed by atoms with Crippen LogP contribution in [-0.2, 0) is 0 Å². The van der Waals surface area contributed by atoms with Gasteiger partial charge < -0.3 is 4.90 Å². The van der Waals surface area contributed by atoms with Crippen LogP contribution in [-0.4, -0.2) is 20.1 Å². The second-order valence-corrected chi connectivity index (χ2v) is 2.06. The van der Waals surface area contributed by atoms with E-state index in [2.05, 4.69) is 27.0 Å². The molecule has 0 aromatic carbocycles. The van der Waals surface area contributed by atoms with Gasteiger partial charge in [-0.2, -0.15) is 0 Å². The average Bonchev–Trinajstić information content (AvgIpc) is 1.68. The molecule has 0 aliphatic carbocycles. The van der Waals surface area contributed by atoms with Gasteiger partial charge in [-0.05, 0) is 6.08 Å². The zero-order chi connectivity index (χ0) is 6.41. The molecular formula is C7H15N+. The van der Waals surface area contributed by atoms with Crippen LogP contribution < -0.4 is 4.90 Å². The van der Waals surface area contributed by atoms with Gasteiger partial charge in [0.2, 0.25) is 0 Å². The molecule has 0 bridgehead atoms. The maximum absolute atomic E-state index is 3.65. The SMILES string of the molecule is C=CC[NH+](C)C[CH]C. The van der Waals surface area contributed by atoms with E-state index in [1.807, 2.05) is 6.08 Å². The van der Waals surface area contributed by atoms with E-state index < -0.39 is 0 Å². The number of hydrogen-bond donors (Lipinski definition) is 1. The van der Waals surface area contributed by atoms with Gasteiger partial charge in [-0.3, -0.25) is 0 Å².